The van der Waals surface area contributed by atoms with Gasteiger partial charge in [0.2, 0.25) is 0 Å². The molecule has 0 aliphatic carbocycles. The molecule has 1 saturated heterocycles. The van der Waals surface area contributed by atoms with Crippen LogP contribution in [0.15, 0.2) is 42.5 Å². The van der Waals surface area contributed by atoms with E-state index in [1.54, 1.807) is 49.6 Å². The SMILES string of the molecule is CC[C@@]1(c2ccc(OC)cc2)NC(=O)N(Cc2cc(C(C)=O)ccc2OC)C1=O. The van der Waals surface area contributed by atoms with E-state index in [0.29, 0.717) is 34.6 Å². The minimum Gasteiger partial charge on any atom is -0.497 e. The zero-order valence-electron chi connectivity index (χ0n) is 16.9. The highest BCUT2D eigenvalue weighted by Gasteiger charge is 2.51. The fourth-order valence-corrected chi connectivity index (χ4v) is 3.58. The molecule has 0 bridgehead atoms. The Hall–Kier alpha value is -3.35. The maximum absolute atomic E-state index is 13.4. The lowest BCUT2D eigenvalue weighted by Crippen LogP contribution is -2.43. The zero-order valence-corrected chi connectivity index (χ0v) is 16.9. The molecule has 3 rings (SSSR count). The lowest BCUT2D eigenvalue weighted by Gasteiger charge is -2.26. The van der Waals surface area contributed by atoms with E-state index < -0.39 is 11.6 Å². The zero-order chi connectivity index (χ0) is 21.2. The van der Waals surface area contributed by atoms with Crippen molar-refractivity contribution in [3.63, 3.8) is 0 Å². The number of hydrogen-bond acceptors (Lipinski definition) is 5. The molecule has 2 aromatic carbocycles. The number of methoxy groups -OCH3 is 2. The molecule has 0 unspecified atom stereocenters. The van der Waals surface area contributed by atoms with Crippen molar-refractivity contribution in [2.24, 2.45) is 0 Å². The van der Waals surface area contributed by atoms with Crippen molar-refractivity contribution in [3.05, 3.63) is 59.2 Å². The first-order chi connectivity index (χ1) is 13.9. The fourth-order valence-electron chi connectivity index (χ4n) is 3.58. The van der Waals surface area contributed by atoms with Crippen LogP contribution < -0.4 is 14.8 Å². The number of benzene rings is 2. The molecule has 1 N–H and O–H groups in total. The van der Waals surface area contributed by atoms with Crippen LogP contribution in [0.3, 0.4) is 0 Å². The molecule has 0 radical (unpaired) electrons. The van der Waals surface area contributed by atoms with Gasteiger partial charge in [0, 0.05) is 11.1 Å². The molecule has 1 aliphatic rings. The molecule has 152 valence electrons. The topological polar surface area (TPSA) is 84.9 Å². The summed E-state index contributed by atoms with van der Waals surface area (Å²) >= 11 is 0. The smallest absolute Gasteiger partial charge is 0.325 e. The monoisotopic (exact) mass is 396 g/mol. The number of urea groups is 1. The number of carbonyl (C=O) groups excluding carboxylic acids is 3. The van der Waals surface area contributed by atoms with Crippen LogP contribution in [0.4, 0.5) is 4.79 Å². The molecular weight excluding hydrogens is 372 g/mol. The van der Waals surface area contributed by atoms with Crippen LogP contribution in [0.5, 0.6) is 11.5 Å². The van der Waals surface area contributed by atoms with E-state index in [-0.39, 0.29) is 18.2 Å². The third-order valence-electron chi connectivity index (χ3n) is 5.30. The lowest BCUT2D eigenvalue weighted by atomic mass is 9.87. The standard InChI is InChI=1S/C22H24N2O5/c1-5-22(17-7-9-18(28-3)10-8-17)20(26)24(21(27)23-22)13-16-12-15(14(2)25)6-11-19(16)29-4/h6-12H,5,13H2,1-4H3,(H,23,27)/t22-/m0/s1. The van der Waals surface area contributed by atoms with E-state index in [1.165, 1.54) is 14.0 Å². The van der Waals surface area contributed by atoms with Crippen LogP contribution in [0.2, 0.25) is 0 Å². The molecule has 3 amide bonds. The first-order valence-corrected chi connectivity index (χ1v) is 9.32. The summed E-state index contributed by atoms with van der Waals surface area (Å²) in [5.74, 6) is 0.728. The minimum absolute atomic E-state index is 0.00681. The number of amides is 3. The van der Waals surface area contributed by atoms with E-state index in [9.17, 15) is 14.4 Å². The summed E-state index contributed by atoms with van der Waals surface area (Å²) in [6.45, 7) is 3.32. The van der Waals surface area contributed by atoms with Gasteiger partial charge in [0.05, 0.1) is 20.8 Å². The summed E-state index contributed by atoms with van der Waals surface area (Å²) in [5.41, 5.74) is 0.621. The second kappa shape index (κ2) is 7.95. The van der Waals surface area contributed by atoms with Gasteiger partial charge < -0.3 is 14.8 Å². The number of rotatable bonds is 7. The highest BCUT2D eigenvalue weighted by atomic mass is 16.5. The summed E-state index contributed by atoms with van der Waals surface area (Å²) < 4.78 is 10.5. The van der Waals surface area contributed by atoms with Gasteiger partial charge in [-0.3, -0.25) is 14.5 Å². The molecule has 1 heterocycles. The molecule has 1 atom stereocenters. The molecular formula is C22H24N2O5. The lowest BCUT2D eigenvalue weighted by molar-refractivity contribution is -0.132. The Bertz CT molecular complexity index is 954. The van der Waals surface area contributed by atoms with Gasteiger partial charge >= 0.3 is 6.03 Å². The minimum atomic E-state index is -1.14. The molecule has 0 saturated carbocycles. The Balaban J connectivity index is 1.96. The van der Waals surface area contributed by atoms with Crippen molar-refractivity contribution in [2.75, 3.05) is 14.2 Å². The van der Waals surface area contributed by atoms with Crippen molar-refractivity contribution >= 4 is 17.7 Å². The number of imide groups is 1. The van der Waals surface area contributed by atoms with Gasteiger partial charge in [0.25, 0.3) is 5.91 Å². The van der Waals surface area contributed by atoms with Gasteiger partial charge in [-0.2, -0.15) is 0 Å². The fraction of sp³-hybridized carbons (Fsp3) is 0.318. The van der Waals surface area contributed by atoms with E-state index in [2.05, 4.69) is 5.32 Å². The van der Waals surface area contributed by atoms with Crippen LogP contribution in [0.25, 0.3) is 0 Å². The predicted molar refractivity (Wildman–Crippen MR) is 107 cm³/mol. The van der Waals surface area contributed by atoms with Gasteiger partial charge in [-0.1, -0.05) is 19.1 Å². The number of carbonyl (C=O) groups is 3. The molecule has 7 nitrogen and oxygen atoms in total. The van der Waals surface area contributed by atoms with Crippen molar-refractivity contribution in [2.45, 2.75) is 32.4 Å². The molecule has 1 fully saturated rings. The van der Waals surface area contributed by atoms with E-state index >= 15 is 0 Å². The maximum Gasteiger partial charge on any atom is 0.325 e. The molecule has 0 aromatic heterocycles. The molecule has 29 heavy (non-hydrogen) atoms. The third-order valence-corrected chi connectivity index (χ3v) is 5.30. The van der Waals surface area contributed by atoms with Crippen molar-refractivity contribution in [1.29, 1.82) is 0 Å². The van der Waals surface area contributed by atoms with Crippen LogP contribution in [-0.4, -0.2) is 36.8 Å². The number of Topliss-reactive ketones (excluding diaryl/α,β-unsaturated/α-hetero) is 1. The van der Waals surface area contributed by atoms with Gasteiger partial charge in [-0.15, -0.1) is 0 Å². The predicted octanol–water partition coefficient (Wildman–Crippen LogP) is 3.26. The summed E-state index contributed by atoms with van der Waals surface area (Å²) in [7, 11) is 3.07. The van der Waals surface area contributed by atoms with Crippen LogP contribution >= 0.6 is 0 Å². The Morgan fingerprint density at radius 3 is 2.31 bits per heavy atom. The summed E-state index contributed by atoms with van der Waals surface area (Å²) in [6, 6.07) is 11.6. The number of nitrogens with zero attached hydrogens (tertiary/aromatic N) is 1. The first-order valence-electron chi connectivity index (χ1n) is 9.32. The van der Waals surface area contributed by atoms with E-state index in [0.717, 1.165) is 4.90 Å². The average Bonchev–Trinajstić information content (AvgIpc) is 2.98. The molecule has 7 heteroatoms. The summed E-state index contributed by atoms with van der Waals surface area (Å²) in [6.07, 6.45) is 0.394. The van der Waals surface area contributed by atoms with Crippen LogP contribution in [0, 0.1) is 0 Å². The van der Waals surface area contributed by atoms with Gasteiger partial charge in [-0.05, 0) is 49.2 Å². The Labute approximate surface area is 169 Å². The van der Waals surface area contributed by atoms with Crippen LogP contribution in [-0.2, 0) is 16.9 Å². The number of ketones is 1. The molecule has 2 aromatic rings. The van der Waals surface area contributed by atoms with Crippen molar-refractivity contribution < 1.29 is 23.9 Å². The Kier molecular flexibility index (Phi) is 5.59. The summed E-state index contributed by atoms with van der Waals surface area (Å²) in [4.78, 5) is 39.0. The normalized spacial score (nSPS) is 18.6. The third kappa shape index (κ3) is 3.55. The average molecular weight is 396 g/mol. The first kappa shape index (κ1) is 20.4. The second-order valence-corrected chi connectivity index (χ2v) is 6.89. The van der Waals surface area contributed by atoms with Gasteiger partial charge in [0.15, 0.2) is 5.78 Å². The van der Waals surface area contributed by atoms with E-state index in [1.807, 2.05) is 6.92 Å². The highest BCUT2D eigenvalue weighted by Crippen LogP contribution is 2.35. The highest BCUT2D eigenvalue weighted by molar-refractivity contribution is 6.07. The van der Waals surface area contributed by atoms with Gasteiger partial charge in [-0.25, -0.2) is 4.79 Å². The molecule has 0 spiro atoms. The largest absolute Gasteiger partial charge is 0.497 e. The number of nitrogens with one attached hydrogen (secondary N) is 1. The Morgan fingerprint density at radius 1 is 1.07 bits per heavy atom. The second-order valence-electron chi connectivity index (χ2n) is 6.89. The van der Waals surface area contributed by atoms with E-state index in [4.69, 9.17) is 9.47 Å². The quantitative estimate of drug-likeness (QED) is 0.574. The van der Waals surface area contributed by atoms with Crippen molar-refractivity contribution in [1.82, 2.24) is 10.2 Å². The maximum atomic E-state index is 13.4. The molecule has 1 aliphatic heterocycles. The van der Waals surface area contributed by atoms with Crippen molar-refractivity contribution in [3.8, 4) is 11.5 Å². The van der Waals surface area contributed by atoms with Crippen LogP contribution in [0.1, 0.15) is 41.8 Å². The summed E-state index contributed by atoms with van der Waals surface area (Å²) in [5, 5.41) is 2.85. The Morgan fingerprint density at radius 2 is 1.76 bits per heavy atom. The number of hydrogen-bond donors (Lipinski definition) is 1. The number of ether oxygens (including phenoxy) is 2. The van der Waals surface area contributed by atoms with Gasteiger partial charge in [0.1, 0.15) is 17.0 Å².